The Hall–Kier alpha value is -1.17. The standard InChI is InChI=1S/C12H17ClN2O3/c1-8-9(4-10(14-2)7-18-3)5-11(15(16)17)6-12(8)13/h5-6,10,14H,4,7H2,1-3H3. The Kier molecular flexibility index (Phi) is 5.53. The second-order valence-electron chi connectivity index (χ2n) is 4.11. The van der Waals surface area contributed by atoms with Crippen molar-refractivity contribution in [2.24, 2.45) is 0 Å². The Morgan fingerprint density at radius 2 is 2.22 bits per heavy atom. The molecule has 0 spiro atoms. The molecule has 6 heteroatoms. The average molecular weight is 273 g/mol. The molecule has 0 amide bonds. The molecule has 0 heterocycles. The summed E-state index contributed by atoms with van der Waals surface area (Å²) in [5.41, 5.74) is 1.76. The summed E-state index contributed by atoms with van der Waals surface area (Å²) in [7, 11) is 3.45. The fourth-order valence-electron chi connectivity index (χ4n) is 1.75. The normalized spacial score (nSPS) is 12.4. The van der Waals surface area contributed by atoms with Crippen LogP contribution in [0, 0.1) is 17.0 Å². The number of halogens is 1. The molecule has 18 heavy (non-hydrogen) atoms. The molecule has 100 valence electrons. The van der Waals surface area contributed by atoms with Gasteiger partial charge in [0.2, 0.25) is 0 Å². The number of nitrogens with zero attached hydrogens (tertiary/aromatic N) is 1. The molecule has 0 fully saturated rings. The summed E-state index contributed by atoms with van der Waals surface area (Å²) in [6, 6.07) is 3.05. The van der Waals surface area contributed by atoms with E-state index in [0.717, 1.165) is 11.1 Å². The number of nitro benzene ring substituents is 1. The van der Waals surface area contributed by atoms with Crippen molar-refractivity contribution in [3.63, 3.8) is 0 Å². The van der Waals surface area contributed by atoms with E-state index in [4.69, 9.17) is 16.3 Å². The molecule has 1 rings (SSSR count). The lowest BCUT2D eigenvalue weighted by Crippen LogP contribution is -2.32. The SMILES string of the molecule is CNC(COC)Cc1cc([N+](=O)[O-])cc(Cl)c1C. The van der Waals surface area contributed by atoms with E-state index >= 15 is 0 Å². The zero-order chi connectivity index (χ0) is 13.7. The number of methoxy groups -OCH3 is 1. The van der Waals surface area contributed by atoms with Gasteiger partial charge in [-0.25, -0.2) is 0 Å². The minimum absolute atomic E-state index is 0.0212. The van der Waals surface area contributed by atoms with Gasteiger partial charge in [0.1, 0.15) is 0 Å². The van der Waals surface area contributed by atoms with Gasteiger partial charge in [-0.2, -0.15) is 0 Å². The maximum Gasteiger partial charge on any atom is 0.271 e. The Morgan fingerprint density at radius 1 is 1.56 bits per heavy atom. The minimum atomic E-state index is -0.431. The van der Waals surface area contributed by atoms with Crippen LogP contribution in [-0.2, 0) is 11.2 Å². The molecule has 1 aromatic rings. The van der Waals surface area contributed by atoms with Gasteiger partial charge in [-0.1, -0.05) is 11.6 Å². The second kappa shape index (κ2) is 6.68. The van der Waals surface area contributed by atoms with Gasteiger partial charge in [0.25, 0.3) is 5.69 Å². The Bertz CT molecular complexity index is 438. The van der Waals surface area contributed by atoms with E-state index in [0.29, 0.717) is 18.1 Å². The summed E-state index contributed by atoms with van der Waals surface area (Å²) in [6.45, 7) is 2.40. The van der Waals surface area contributed by atoms with E-state index in [1.807, 2.05) is 14.0 Å². The minimum Gasteiger partial charge on any atom is -0.383 e. The number of benzene rings is 1. The van der Waals surface area contributed by atoms with E-state index in [9.17, 15) is 10.1 Å². The van der Waals surface area contributed by atoms with E-state index < -0.39 is 4.92 Å². The third kappa shape index (κ3) is 3.66. The second-order valence-corrected chi connectivity index (χ2v) is 4.52. The van der Waals surface area contributed by atoms with Gasteiger partial charge in [-0.3, -0.25) is 10.1 Å². The molecule has 1 N–H and O–H groups in total. The molecule has 0 aromatic heterocycles. The molecule has 1 atom stereocenters. The maximum absolute atomic E-state index is 10.8. The van der Waals surface area contributed by atoms with Gasteiger partial charge >= 0.3 is 0 Å². The highest BCUT2D eigenvalue weighted by Gasteiger charge is 2.16. The van der Waals surface area contributed by atoms with Crippen LogP contribution in [0.4, 0.5) is 5.69 Å². The van der Waals surface area contributed by atoms with Crippen LogP contribution in [-0.4, -0.2) is 31.7 Å². The third-order valence-electron chi connectivity index (χ3n) is 2.89. The number of non-ortho nitro benzene ring substituents is 1. The van der Waals surface area contributed by atoms with Gasteiger partial charge in [0.05, 0.1) is 16.6 Å². The van der Waals surface area contributed by atoms with Crippen molar-refractivity contribution < 1.29 is 9.66 Å². The molecule has 0 aliphatic heterocycles. The molecule has 0 aliphatic carbocycles. The van der Waals surface area contributed by atoms with Crippen LogP contribution in [0.15, 0.2) is 12.1 Å². The maximum atomic E-state index is 10.8. The van der Waals surface area contributed by atoms with Crippen molar-refractivity contribution in [3.8, 4) is 0 Å². The Labute approximate surface area is 111 Å². The quantitative estimate of drug-likeness (QED) is 0.638. The van der Waals surface area contributed by atoms with Gasteiger partial charge in [-0.15, -0.1) is 0 Å². The molecule has 0 aliphatic rings. The zero-order valence-electron chi connectivity index (χ0n) is 10.7. The first-order valence-electron chi connectivity index (χ1n) is 5.59. The van der Waals surface area contributed by atoms with Crippen LogP contribution in [0.25, 0.3) is 0 Å². The third-order valence-corrected chi connectivity index (χ3v) is 3.28. The molecule has 0 bridgehead atoms. The Balaban J connectivity index is 3.03. The molecule has 5 nitrogen and oxygen atoms in total. The first-order chi connectivity index (χ1) is 8.49. The van der Waals surface area contributed by atoms with E-state index in [1.165, 1.54) is 6.07 Å². The van der Waals surface area contributed by atoms with Crippen LogP contribution in [0.1, 0.15) is 11.1 Å². The molecule has 0 radical (unpaired) electrons. The van der Waals surface area contributed by atoms with Crippen LogP contribution < -0.4 is 5.32 Å². The summed E-state index contributed by atoms with van der Waals surface area (Å²) >= 11 is 6.01. The zero-order valence-corrected chi connectivity index (χ0v) is 11.5. The fourth-order valence-corrected chi connectivity index (χ4v) is 1.98. The van der Waals surface area contributed by atoms with Gasteiger partial charge in [-0.05, 0) is 31.5 Å². The van der Waals surface area contributed by atoms with Crippen LogP contribution in [0.5, 0.6) is 0 Å². The predicted octanol–water partition coefficient (Wildman–Crippen LogP) is 2.33. The smallest absolute Gasteiger partial charge is 0.271 e. The highest BCUT2D eigenvalue weighted by molar-refractivity contribution is 6.31. The molecule has 0 saturated heterocycles. The van der Waals surface area contributed by atoms with Crippen molar-refractivity contribution in [1.82, 2.24) is 5.32 Å². The van der Waals surface area contributed by atoms with E-state index in [2.05, 4.69) is 5.32 Å². The van der Waals surface area contributed by atoms with Crippen molar-refractivity contribution >= 4 is 17.3 Å². The fraction of sp³-hybridized carbons (Fsp3) is 0.500. The number of rotatable bonds is 6. The lowest BCUT2D eigenvalue weighted by molar-refractivity contribution is -0.384. The molecular formula is C12H17ClN2O3. The van der Waals surface area contributed by atoms with E-state index in [-0.39, 0.29) is 11.7 Å². The van der Waals surface area contributed by atoms with Gasteiger partial charge in [0.15, 0.2) is 0 Å². The van der Waals surface area contributed by atoms with Crippen molar-refractivity contribution in [1.29, 1.82) is 0 Å². The largest absolute Gasteiger partial charge is 0.383 e. The van der Waals surface area contributed by atoms with Gasteiger partial charge in [0, 0.05) is 25.3 Å². The average Bonchev–Trinajstić information content (AvgIpc) is 2.33. The number of nitro groups is 1. The monoisotopic (exact) mass is 272 g/mol. The van der Waals surface area contributed by atoms with E-state index in [1.54, 1.807) is 13.2 Å². The summed E-state index contributed by atoms with van der Waals surface area (Å²) in [4.78, 5) is 10.4. The molecule has 1 unspecified atom stereocenters. The van der Waals surface area contributed by atoms with Crippen molar-refractivity contribution in [2.45, 2.75) is 19.4 Å². The predicted molar refractivity (Wildman–Crippen MR) is 71.3 cm³/mol. The molecular weight excluding hydrogens is 256 g/mol. The summed E-state index contributed by atoms with van der Waals surface area (Å²) in [5, 5.41) is 14.3. The number of hydrogen-bond donors (Lipinski definition) is 1. The summed E-state index contributed by atoms with van der Waals surface area (Å²) in [6.07, 6.45) is 0.636. The number of ether oxygens (including phenoxy) is 1. The Morgan fingerprint density at radius 3 is 2.72 bits per heavy atom. The summed E-state index contributed by atoms with van der Waals surface area (Å²) in [5.74, 6) is 0. The topological polar surface area (TPSA) is 64.4 Å². The van der Waals surface area contributed by atoms with Crippen LogP contribution in [0.3, 0.4) is 0 Å². The summed E-state index contributed by atoms with van der Waals surface area (Å²) < 4.78 is 5.09. The number of hydrogen-bond acceptors (Lipinski definition) is 4. The van der Waals surface area contributed by atoms with Crippen LogP contribution in [0.2, 0.25) is 5.02 Å². The number of nitrogens with one attached hydrogen (secondary N) is 1. The molecule has 1 aromatic carbocycles. The number of likely N-dealkylation sites (N-methyl/N-ethyl adjacent to an activating group) is 1. The van der Waals surface area contributed by atoms with Gasteiger partial charge < -0.3 is 10.1 Å². The lowest BCUT2D eigenvalue weighted by Gasteiger charge is -2.16. The van der Waals surface area contributed by atoms with Crippen LogP contribution >= 0.6 is 11.6 Å². The highest BCUT2D eigenvalue weighted by Crippen LogP contribution is 2.26. The lowest BCUT2D eigenvalue weighted by atomic mass is 10.0. The highest BCUT2D eigenvalue weighted by atomic mass is 35.5. The first-order valence-corrected chi connectivity index (χ1v) is 5.97. The molecule has 0 saturated carbocycles. The first kappa shape index (κ1) is 14.9. The van der Waals surface area contributed by atoms with Crippen molar-refractivity contribution in [2.75, 3.05) is 20.8 Å². The van der Waals surface area contributed by atoms with Crippen molar-refractivity contribution in [3.05, 3.63) is 38.4 Å².